The third-order valence-corrected chi connectivity index (χ3v) is 4.95. The summed E-state index contributed by atoms with van der Waals surface area (Å²) in [4.78, 5) is 21.9. The maximum absolute atomic E-state index is 12.1. The summed E-state index contributed by atoms with van der Waals surface area (Å²) in [6, 6.07) is 6.13. The standard InChI is InChI=1S/C11H13BrN3O6P/c1-8-2-4-9(5-3-8)13-10(16)14-22(19)20-6-11(12,7-21-22)15(17)18/h2-5H,6-7H2,1H3,(H2,13,14,16,19). The average Bonchev–Trinajstić information content (AvgIpc) is 2.45. The lowest BCUT2D eigenvalue weighted by Crippen LogP contribution is -2.45. The van der Waals surface area contributed by atoms with Crippen LogP contribution in [0.15, 0.2) is 24.3 Å². The van der Waals surface area contributed by atoms with Gasteiger partial charge in [0.2, 0.25) is 0 Å². The Kier molecular flexibility index (Phi) is 4.86. The second-order valence-electron chi connectivity index (χ2n) is 4.65. The number of rotatable bonds is 3. The minimum absolute atomic E-state index is 0.492. The summed E-state index contributed by atoms with van der Waals surface area (Å²) >= 11 is 2.84. The van der Waals surface area contributed by atoms with E-state index in [1.54, 1.807) is 24.3 Å². The highest BCUT2D eigenvalue weighted by Gasteiger charge is 2.50. The first kappa shape index (κ1) is 16.9. The van der Waals surface area contributed by atoms with Crippen LogP contribution >= 0.6 is 23.7 Å². The zero-order valence-corrected chi connectivity index (χ0v) is 13.9. The Morgan fingerprint density at radius 3 is 2.41 bits per heavy atom. The van der Waals surface area contributed by atoms with Crippen LogP contribution in [-0.2, 0) is 13.6 Å². The fraction of sp³-hybridized carbons (Fsp3) is 0.364. The number of alkyl halides is 1. The van der Waals surface area contributed by atoms with Crippen LogP contribution in [0.1, 0.15) is 5.56 Å². The molecule has 2 N–H and O–H groups in total. The molecule has 22 heavy (non-hydrogen) atoms. The first-order chi connectivity index (χ1) is 10.2. The second kappa shape index (κ2) is 6.33. The van der Waals surface area contributed by atoms with Crippen molar-refractivity contribution < 1.29 is 23.3 Å². The van der Waals surface area contributed by atoms with Gasteiger partial charge in [-0.1, -0.05) is 17.7 Å². The van der Waals surface area contributed by atoms with Gasteiger partial charge < -0.3 is 5.32 Å². The molecule has 120 valence electrons. The third-order valence-electron chi connectivity index (χ3n) is 2.79. The topological polar surface area (TPSA) is 120 Å². The molecule has 2 rings (SSSR count). The number of nitro groups is 1. The SMILES string of the molecule is Cc1ccc(NC(=O)NP2(=O)OCC(Br)([N+](=O)[O-])CO2)cc1. The minimum Gasteiger partial charge on any atom is -0.308 e. The maximum atomic E-state index is 12.1. The number of halogens is 1. The average molecular weight is 394 g/mol. The summed E-state index contributed by atoms with van der Waals surface area (Å²) in [6.07, 6.45) is 0. The molecule has 0 aliphatic carbocycles. The van der Waals surface area contributed by atoms with E-state index in [0.717, 1.165) is 5.56 Å². The highest BCUT2D eigenvalue weighted by molar-refractivity contribution is 9.10. The summed E-state index contributed by atoms with van der Waals surface area (Å²) in [5, 5.41) is 15.3. The molecule has 1 aliphatic rings. The Morgan fingerprint density at radius 1 is 1.36 bits per heavy atom. The number of urea groups is 1. The second-order valence-corrected chi connectivity index (χ2v) is 7.86. The van der Waals surface area contributed by atoms with E-state index in [2.05, 4.69) is 26.3 Å². The number of carbonyl (C=O) groups excluding carboxylic acids is 1. The van der Waals surface area contributed by atoms with E-state index in [-0.39, 0.29) is 0 Å². The molecule has 11 heteroatoms. The van der Waals surface area contributed by atoms with Crippen molar-refractivity contribution in [1.82, 2.24) is 5.09 Å². The van der Waals surface area contributed by atoms with E-state index in [4.69, 9.17) is 9.05 Å². The first-order valence-electron chi connectivity index (χ1n) is 6.11. The Morgan fingerprint density at radius 2 is 1.91 bits per heavy atom. The predicted molar refractivity (Wildman–Crippen MR) is 81.5 cm³/mol. The van der Waals surface area contributed by atoms with Crippen LogP contribution < -0.4 is 10.4 Å². The summed E-state index contributed by atoms with van der Waals surface area (Å²) in [5.74, 6) is 0. The molecule has 0 atom stereocenters. The normalized spacial score (nSPS) is 27.9. The van der Waals surface area contributed by atoms with Crippen molar-refractivity contribution in [1.29, 1.82) is 0 Å². The molecule has 1 aromatic rings. The molecule has 1 fully saturated rings. The lowest BCUT2D eigenvalue weighted by Gasteiger charge is -2.29. The van der Waals surface area contributed by atoms with Gasteiger partial charge in [0, 0.05) is 26.5 Å². The van der Waals surface area contributed by atoms with Gasteiger partial charge in [0.25, 0.3) is 0 Å². The van der Waals surface area contributed by atoms with E-state index >= 15 is 0 Å². The van der Waals surface area contributed by atoms with Gasteiger partial charge in [-0.15, -0.1) is 0 Å². The molecule has 0 radical (unpaired) electrons. The molecule has 1 heterocycles. The molecule has 9 nitrogen and oxygen atoms in total. The molecule has 1 aliphatic heterocycles. The third kappa shape index (κ3) is 4.04. The van der Waals surface area contributed by atoms with Crippen molar-refractivity contribution in [3.8, 4) is 0 Å². The van der Waals surface area contributed by atoms with Crippen molar-refractivity contribution in [2.75, 3.05) is 18.5 Å². The van der Waals surface area contributed by atoms with Gasteiger partial charge in [0.05, 0.1) is 0 Å². The summed E-state index contributed by atoms with van der Waals surface area (Å²) in [6.45, 7) is 0.901. The van der Waals surface area contributed by atoms with Crippen molar-refractivity contribution in [3.05, 3.63) is 39.9 Å². The first-order valence-corrected chi connectivity index (χ1v) is 8.44. The highest BCUT2D eigenvalue weighted by Crippen LogP contribution is 2.50. The quantitative estimate of drug-likeness (QED) is 0.267. The summed E-state index contributed by atoms with van der Waals surface area (Å²) < 4.78 is 20.2. The number of benzene rings is 1. The fourth-order valence-electron chi connectivity index (χ4n) is 1.54. The Bertz CT molecular complexity index is 625. The van der Waals surface area contributed by atoms with Gasteiger partial charge >= 0.3 is 18.2 Å². The smallest absolute Gasteiger partial charge is 0.308 e. The van der Waals surface area contributed by atoms with Crippen molar-refractivity contribution >= 4 is 35.4 Å². The fourth-order valence-corrected chi connectivity index (χ4v) is 3.40. The number of carbonyl (C=O) groups is 1. The van der Waals surface area contributed by atoms with E-state index < -0.39 is 36.4 Å². The molecule has 0 saturated carbocycles. The molecule has 2 amide bonds. The van der Waals surface area contributed by atoms with E-state index in [1.165, 1.54) is 0 Å². The summed E-state index contributed by atoms with van der Waals surface area (Å²) in [5.41, 5.74) is 1.51. The van der Waals surface area contributed by atoms with E-state index in [1.807, 2.05) is 6.92 Å². The van der Waals surface area contributed by atoms with Gasteiger partial charge in [-0.25, -0.2) is 14.4 Å². The molecule has 1 aromatic carbocycles. The zero-order valence-electron chi connectivity index (χ0n) is 11.4. The number of hydrogen-bond donors (Lipinski definition) is 2. The lowest BCUT2D eigenvalue weighted by molar-refractivity contribution is -0.542. The molecule has 0 bridgehead atoms. The van der Waals surface area contributed by atoms with Crippen molar-refractivity contribution in [2.45, 2.75) is 11.4 Å². The van der Waals surface area contributed by atoms with Gasteiger partial charge in [0.15, 0.2) is 0 Å². The zero-order chi connectivity index (χ0) is 16.4. The Hall–Kier alpha value is -1.48. The van der Waals surface area contributed by atoms with E-state index in [9.17, 15) is 19.5 Å². The van der Waals surface area contributed by atoms with Crippen LogP contribution in [-0.4, -0.2) is 28.6 Å². The minimum atomic E-state index is -3.93. The number of nitrogens with zero attached hydrogens (tertiary/aromatic N) is 1. The van der Waals surface area contributed by atoms with Crippen molar-refractivity contribution in [3.63, 3.8) is 0 Å². The van der Waals surface area contributed by atoms with Crippen LogP contribution in [0, 0.1) is 17.0 Å². The maximum Gasteiger partial charge on any atom is 0.436 e. The number of amides is 2. The van der Waals surface area contributed by atoms with Gasteiger partial charge in [0.1, 0.15) is 13.2 Å². The predicted octanol–water partition coefficient (Wildman–Crippen LogP) is 2.64. The number of anilines is 1. The monoisotopic (exact) mass is 393 g/mol. The van der Waals surface area contributed by atoms with Crippen LogP contribution in [0.25, 0.3) is 0 Å². The largest absolute Gasteiger partial charge is 0.436 e. The van der Waals surface area contributed by atoms with Crippen LogP contribution in [0.2, 0.25) is 0 Å². The van der Waals surface area contributed by atoms with Gasteiger partial charge in [-0.2, -0.15) is 0 Å². The van der Waals surface area contributed by atoms with Crippen molar-refractivity contribution in [2.24, 2.45) is 0 Å². The highest BCUT2D eigenvalue weighted by atomic mass is 79.9. The van der Waals surface area contributed by atoms with Gasteiger partial charge in [-0.3, -0.25) is 19.2 Å². The molecule has 0 aromatic heterocycles. The number of aryl methyl sites for hydroxylation is 1. The molecule has 1 saturated heterocycles. The molecule has 0 unspecified atom stereocenters. The Labute approximate surface area is 134 Å². The summed E-state index contributed by atoms with van der Waals surface area (Å²) in [7, 11) is -3.93. The van der Waals surface area contributed by atoms with Crippen LogP contribution in [0.4, 0.5) is 10.5 Å². The molecular weight excluding hydrogens is 381 g/mol. The number of nitrogens with one attached hydrogen (secondary N) is 2. The number of hydrogen-bond acceptors (Lipinski definition) is 6. The van der Waals surface area contributed by atoms with Crippen LogP contribution in [0.5, 0.6) is 0 Å². The van der Waals surface area contributed by atoms with Gasteiger partial charge in [-0.05, 0) is 19.1 Å². The lowest BCUT2D eigenvalue weighted by atomic mass is 10.2. The Balaban J connectivity index is 1.93. The van der Waals surface area contributed by atoms with E-state index in [0.29, 0.717) is 5.69 Å². The molecular formula is C11H13BrN3O6P. The molecule has 0 spiro atoms. The van der Waals surface area contributed by atoms with Crippen LogP contribution in [0.3, 0.4) is 0 Å².